The third-order valence-electron chi connectivity index (χ3n) is 3.46. The van der Waals surface area contributed by atoms with Crippen LogP contribution in [0.1, 0.15) is 23.6 Å². The molecule has 0 fully saturated rings. The van der Waals surface area contributed by atoms with E-state index >= 15 is 0 Å². The van der Waals surface area contributed by atoms with Gasteiger partial charge in [-0.1, -0.05) is 0 Å². The van der Waals surface area contributed by atoms with E-state index in [0.717, 1.165) is 24.4 Å². The molecule has 0 aliphatic carbocycles. The highest BCUT2D eigenvalue weighted by Gasteiger charge is 2.22. The summed E-state index contributed by atoms with van der Waals surface area (Å²) >= 11 is 0. The van der Waals surface area contributed by atoms with E-state index in [4.69, 9.17) is 9.26 Å². The zero-order valence-electron chi connectivity index (χ0n) is 11.3. The van der Waals surface area contributed by atoms with Crippen LogP contribution < -0.4 is 4.74 Å². The van der Waals surface area contributed by atoms with E-state index in [1.807, 2.05) is 4.90 Å². The minimum Gasteiger partial charge on any atom is -0.479 e. The Balaban J connectivity index is 1.55. The number of rotatable bonds is 4. The molecule has 20 heavy (non-hydrogen) atoms. The first kappa shape index (κ1) is 12.7. The van der Waals surface area contributed by atoms with Gasteiger partial charge >= 0.3 is 0 Å². The molecule has 2 aromatic heterocycles. The topological polar surface area (TPSA) is 84.2 Å². The molecule has 7 heteroatoms. The fourth-order valence-electron chi connectivity index (χ4n) is 2.32. The number of aryl methyl sites for hydroxylation is 1. The van der Waals surface area contributed by atoms with Gasteiger partial charge in [0.25, 0.3) is 5.88 Å². The molecule has 0 radical (unpaired) electrons. The summed E-state index contributed by atoms with van der Waals surface area (Å²) in [5.74, 6) is 1.21. The number of nitrogens with one attached hydrogen (secondary N) is 1. The first-order valence-corrected chi connectivity index (χ1v) is 6.54. The maximum atomic E-state index is 12.2. The molecule has 0 bridgehead atoms. The van der Waals surface area contributed by atoms with Crippen LogP contribution in [0.3, 0.4) is 0 Å². The highest BCUT2D eigenvalue weighted by atomic mass is 16.5. The zero-order chi connectivity index (χ0) is 13.9. The predicted octanol–water partition coefficient (Wildman–Crippen LogP) is 0.924. The SMILES string of the molecule is COc1cc(CCC(=O)N2CCc3nc[nH]c3C2)on1. The van der Waals surface area contributed by atoms with Gasteiger partial charge in [0, 0.05) is 31.9 Å². The smallest absolute Gasteiger partial charge is 0.254 e. The molecule has 1 N–H and O–H groups in total. The Bertz CT molecular complexity index is 604. The lowest BCUT2D eigenvalue weighted by molar-refractivity contribution is -0.132. The number of aromatic amines is 1. The number of hydrogen-bond donors (Lipinski definition) is 1. The van der Waals surface area contributed by atoms with Gasteiger partial charge in [-0.25, -0.2) is 4.98 Å². The molecule has 7 nitrogen and oxygen atoms in total. The van der Waals surface area contributed by atoms with Gasteiger partial charge < -0.3 is 19.1 Å². The minimum absolute atomic E-state index is 0.112. The standard InChI is InChI=1S/C13H16N4O3/c1-19-12-6-9(20-16-12)2-3-13(18)17-5-4-10-11(7-17)15-8-14-10/h6,8H,2-5,7H2,1H3,(H,14,15). The third-order valence-corrected chi connectivity index (χ3v) is 3.46. The molecule has 3 rings (SSSR count). The second-order valence-corrected chi connectivity index (χ2v) is 4.73. The van der Waals surface area contributed by atoms with Crippen LogP contribution in [0.15, 0.2) is 16.9 Å². The van der Waals surface area contributed by atoms with Gasteiger partial charge in [0.1, 0.15) is 5.76 Å². The predicted molar refractivity (Wildman–Crippen MR) is 69.1 cm³/mol. The second kappa shape index (κ2) is 5.36. The lowest BCUT2D eigenvalue weighted by atomic mass is 10.1. The molecule has 3 heterocycles. The Labute approximate surface area is 115 Å². The van der Waals surface area contributed by atoms with E-state index in [2.05, 4.69) is 15.1 Å². The van der Waals surface area contributed by atoms with Gasteiger partial charge in [-0.05, 0) is 5.16 Å². The number of imidazole rings is 1. The quantitative estimate of drug-likeness (QED) is 0.897. The molecule has 0 spiro atoms. The van der Waals surface area contributed by atoms with E-state index in [0.29, 0.717) is 31.0 Å². The lowest BCUT2D eigenvalue weighted by Gasteiger charge is -2.26. The molecule has 0 saturated carbocycles. The maximum Gasteiger partial charge on any atom is 0.254 e. The molecule has 0 atom stereocenters. The molecule has 106 valence electrons. The largest absolute Gasteiger partial charge is 0.479 e. The minimum atomic E-state index is 0.112. The van der Waals surface area contributed by atoms with Crippen molar-refractivity contribution >= 4 is 5.91 Å². The highest BCUT2D eigenvalue weighted by molar-refractivity contribution is 5.76. The Kier molecular flexibility index (Phi) is 3.41. The average molecular weight is 276 g/mol. The van der Waals surface area contributed by atoms with Gasteiger partial charge in [0.2, 0.25) is 5.91 Å². The van der Waals surface area contributed by atoms with Crippen LogP contribution in [0, 0.1) is 0 Å². The normalized spacial score (nSPS) is 14.2. The molecule has 1 amide bonds. The number of nitrogens with zero attached hydrogens (tertiary/aromatic N) is 3. The summed E-state index contributed by atoms with van der Waals surface area (Å²) in [5, 5.41) is 3.71. The van der Waals surface area contributed by atoms with E-state index in [9.17, 15) is 4.79 Å². The number of H-pyrrole nitrogens is 1. The van der Waals surface area contributed by atoms with Crippen molar-refractivity contribution in [2.75, 3.05) is 13.7 Å². The molecular formula is C13H16N4O3. The summed E-state index contributed by atoms with van der Waals surface area (Å²) in [4.78, 5) is 21.3. The summed E-state index contributed by atoms with van der Waals surface area (Å²) in [6, 6.07) is 1.70. The first-order chi connectivity index (χ1) is 9.76. The zero-order valence-corrected chi connectivity index (χ0v) is 11.3. The molecule has 0 unspecified atom stereocenters. The second-order valence-electron chi connectivity index (χ2n) is 4.73. The van der Waals surface area contributed by atoms with E-state index in [1.165, 1.54) is 7.11 Å². The van der Waals surface area contributed by atoms with Crippen LogP contribution in [0.4, 0.5) is 0 Å². The summed E-state index contributed by atoms with van der Waals surface area (Å²) < 4.78 is 10.0. The van der Waals surface area contributed by atoms with Crippen molar-refractivity contribution in [1.29, 1.82) is 0 Å². The van der Waals surface area contributed by atoms with Gasteiger partial charge in [0.15, 0.2) is 0 Å². The number of hydrogen-bond acceptors (Lipinski definition) is 5. The van der Waals surface area contributed by atoms with Crippen molar-refractivity contribution < 1.29 is 14.1 Å². The van der Waals surface area contributed by atoms with Crippen molar-refractivity contribution in [3.05, 3.63) is 29.5 Å². The van der Waals surface area contributed by atoms with Crippen LogP contribution in [0.25, 0.3) is 0 Å². The van der Waals surface area contributed by atoms with Crippen molar-refractivity contribution in [2.45, 2.75) is 25.8 Å². The van der Waals surface area contributed by atoms with Crippen molar-refractivity contribution in [3.8, 4) is 5.88 Å². The van der Waals surface area contributed by atoms with Crippen molar-refractivity contribution in [3.63, 3.8) is 0 Å². The van der Waals surface area contributed by atoms with Gasteiger partial charge in [-0.15, -0.1) is 0 Å². The number of fused-ring (bicyclic) bond motifs is 1. The van der Waals surface area contributed by atoms with Crippen LogP contribution in [0.5, 0.6) is 5.88 Å². The maximum absolute atomic E-state index is 12.2. The third kappa shape index (κ3) is 2.52. The van der Waals surface area contributed by atoms with Gasteiger partial charge in [-0.2, -0.15) is 0 Å². The Morgan fingerprint density at radius 1 is 1.60 bits per heavy atom. The monoisotopic (exact) mass is 276 g/mol. The number of methoxy groups -OCH3 is 1. The van der Waals surface area contributed by atoms with Crippen LogP contribution in [0.2, 0.25) is 0 Å². The summed E-state index contributed by atoms with van der Waals surface area (Å²) in [6.45, 7) is 1.32. The van der Waals surface area contributed by atoms with E-state index in [1.54, 1.807) is 12.4 Å². The molecule has 1 aliphatic rings. The Morgan fingerprint density at radius 2 is 2.50 bits per heavy atom. The summed E-state index contributed by atoms with van der Waals surface area (Å²) in [5.41, 5.74) is 2.10. The fourth-order valence-corrected chi connectivity index (χ4v) is 2.32. The van der Waals surface area contributed by atoms with Gasteiger partial charge in [0.05, 0.1) is 31.4 Å². The van der Waals surface area contributed by atoms with Crippen molar-refractivity contribution in [1.82, 2.24) is 20.0 Å². The van der Waals surface area contributed by atoms with Crippen molar-refractivity contribution in [2.24, 2.45) is 0 Å². The molecule has 1 aliphatic heterocycles. The number of carbonyl (C=O) groups is 1. The summed E-state index contributed by atoms with van der Waals surface area (Å²) in [6.07, 6.45) is 3.42. The number of ether oxygens (including phenoxy) is 1. The Morgan fingerprint density at radius 3 is 3.30 bits per heavy atom. The molecular weight excluding hydrogens is 260 g/mol. The molecule has 2 aromatic rings. The lowest BCUT2D eigenvalue weighted by Crippen LogP contribution is -2.36. The average Bonchev–Trinajstić information content (AvgIpc) is 3.12. The fraction of sp³-hybridized carbons (Fsp3) is 0.462. The highest BCUT2D eigenvalue weighted by Crippen LogP contribution is 2.17. The van der Waals surface area contributed by atoms with E-state index < -0.39 is 0 Å². The molecule has 0 saturated heterocycles. The first-order valence-electron chi connectivity index (χ1n) is 6.54. The number of amides is 1. The van der Waals surface area contributed by atoms with Gasteiger partial charge in [-0.3, -0.25) is 4.79 Å². The van der Waals surface area contributed by atoms with Crippen LogP contribution in [-0.4, -0.2) is 39.6 Å². The molecule has 0 aromatic carbocycles. The number of aromatic nitrogens is 3. The van der Waals surface area contributed by atoms with Crippen LogP contribution >= 0.6 is 0 Å². The number of carbonyl (C=O) groups excluding carboxylic acids is 1. The van der Waals surface area contributed by atoms with Crippen LogP contribution in [-0.2, 0) is 24.2 Å². The Hall–Kier alpha value is -2.31. The van der Waals surface area contributed by atoms with E-state index in [-0.39, 0.29) is 5.91 Å². The summed E-state index contributed by atoms with van der Waals surface area (Å²) in [7, 11) is 1.53.